The van der Waals surface area contributed by atoms with E-state index in [0.717, 1.165) is 13.0 Å². The van der Waals surface area contributed by atoms with Crippen LogP contribution >= 0.6 is 0 Å². The van der Waals surface area contributed by atoms with E-state index in [0.29, 0.717) is 0 Å². The molecule has 0 aliphatic rings. The SMILES string of the molecule is CC[C@@H](N)c1ccccc1N(C)Cc1cccc(C)c1. The Balaban J connectivity index is 2.23. The summed E-state index contributed by atoms with van der Waals surface area (Å²) in [5, 5.41) is 0. The molecule has 0 aliphatic heterocycles. The van der Waals surface area contributed by atoms with Crippen molar-refractivity contribution in [2.75, 3.05) is 11.9 Å². The predicted octanol–water partition coefficient (Wildman–Crippen LogP) is 4.04. The number of para-hydroxylation sites is 1. The molecule has 2 N–H and O–H groups in total. The number of rotatable bonds is 5. The first-order valence-corrected chi connectivity index (χ1v) is 7.23. The van der Waals surface area contributed by atoms with E-state index in [1.165, 1.54) is 22.4 Å². The average Bonchev–Trinajstić information content (AvgIpc) is 2.46. The molecule has 20 heavy (non-hydrogen) atoms. The maximum atomic E-state index is 6.22. The Hall–Kier alpha value is -1.80. The van der Waals surface area contributed by atoms with Crippen molar-refractivity contribution in [2.45, 2.75) is 32.9 Å². The molecule has 0 amide bonds. The number of hydrogen-bond acceptors (Lipinski definition) is 2. The maximum Gasteiger partial charge on any atom is 0.0426 e. The molecule has 0 unspecified atom stereocenters. The zero-order valence-electron chi connectivity index (χ0n) is 12.6. The lowest BCUT2D eigenvalue weighted by Crippen LogP contribution is -2.20. The van der Waals surface area contributed by atoms with Crippen LogP contribution in [0.25, 0.3) is 0 Å². The molecule has 2 heteroatoms. The van der Waals surface area contributed by atoms with Crippen LogP contribution in [0.1, 0.15) is 36.1 Å². The second-order valence-corrected chi connectivity index (χ2v) is 5.42. The first kappa shape index (κ1) is 14.6. The van der Waals surface area contributed by atoms with Crippen LogP contribution in [-0.2, 0) is 6.54 Å². The van der Waals surface area contributed by atoms with E-state index in [1.54, 1.807) is 0 Å². The lowest BCUT2D eigenvalue weighted by Gasteiger charge is -2.25. The fourth-order valence-corrected chi connectivity index (χ4v) is 2.54. The minimum absolute atomic E-state index is 0.103. The third-order valence-electron chi connectivity index (χ3n) is 3.69. The molecule has 0 fully saturated rings. The van der Waals surface area contributed by atoms with Gasteiger partial charge in [-0.2, -0.15) is 0 Å². The van der Waals surface area contributed by atoms with Crippen molar-refractivity contribution in [1.29, 1.82) is 0 Å². The molecule has 2 aromatic rings. The van der Waals surface area contributed by atoms with Gasteiger partial charge >= 0.3 is 0 Å². The number of nitrogens with zero attached hydrogens (tertiary/aromatic N) is 1. The zero-order valence-corrected chi connectivity index (χ0v) is 12.6. The lowest BCUT2D eigenvalue weighted by molar-refractivity contribution is 0.694. The summed E-state index contributed by atoms with van der Waals surface area (Å²) < 4.78 is 0. The standard InChI is InChI=1S/C18H24N2/c1-4-17(19)16-10-5-6-11-18(16)20(3)13-15-9-7-8-14(2)12-15/h5-12,17H,4,13,19H2,1-3H3/t17-/m1/s1. The summed E-state index contributed by atoms with van der Waals surface area (Å²) in [6.07, 6.45) is 0.954. The van der Waals surface area contributed by atoms with Gasteiger partial charge in [-0.25, -0.2) is 0 Å². The summed E-state index contributed by atoms with van der Waals surface area (Å²) in [4.78, 5) is 2.28. The summed E-state index contributed by atoms with van der Waals surface area (Å²) in [6, 6.07) is 17.2. The van der Waals surface area contributed by atoms with Crippen molar-refractivity contribution >= 4 is 5.69 Å². The predicted molar refractivity (Wildman–Crippen MR) is 86.9 cm³/mol. The molecule has 0 saturated carbocycles. The first-order chi connectivity index (χ1) is 9.61. The highest BCUT2D eigenvalue weighted by Gasteiger charge is 2.12. The normalized spacial score (nSPS) is 12.2. The number of nitrogens with two attached hydrogens (primary N) is 1. The maximum absolute atomic E-state index is 6.22. The van der Waals surface area contributed by atoms with E-state index in [2.05, 4.69) is 74.3 Å². The van der Waals surface area contributed by atoms with Crippen molar-refractivity contribution in [1.82, 2.24) is 0 Å². The number of aryl methyl sites for hydroxylation is 1. The van der Waals surface area contributed by atoms with Crippen molar-refractivity contribution in [3.8, 4) is 0 Å². The van der Waals surface area contributed by atoms with Crippen LogP contribution in [-0.4, -0.2) is 7.05 Å². The Morgan fingerprint density at radius 2 is 1.85 bits per heavy atom. The highest BCUT2D eigenvalue weighted by molar-refractivity contribution is 5.54. The Bertz CT molecular complexity index is 563. The molecule has 2 rings (SSSR count). The van der Waals surface area contributed by atoms with Gasteiger partial charge in [0.1, 0.15) is 0 Å². The Morgan fingerprint density at radius 3 is 2.55 bits per heavy atom. The van der Waals surface area contributed by atoms with Gasteiger partial charge in [0, 0.05) is 25.3 Å². The summed E-state index contributed by atoms with van der Waals surface area (Å²) in [5.41, 5.74) is 11.3. The molecule has 106 valence electrons. The highest BCUT2D eigenvalue weighted by Crippen LogP contribution is 2.27. The van der Waals surface area contributed by atoms with Crippen LogP contribution < -0.4 is 10.6 Å². The molecule has 0 heterocycles. The van der Waals surface area contributed by atoms with Crippen molar-refractivity contribution in [3.05, 3.63) is 65.2 Å². The molecular weight excluding hydrogens is 244 g/mol. The van der Waals surface area contributed by atoms with Gasteiger partial charge in [0.05, 0.1) is 0 Å². The Morgan fingerprint density at radius 1 is 1.10 bits per heavy atom. The van der Waals surface area contributed by atoms with Gasteiger partial charge in [0.2, 0.25) is 0 Å². The summed E-state index contributed by atoms with van der Waals surface area (Å²) >= 11 is 0. The van der Waals surface area contributed by atoms with Gasteiger partial charge in [-0.15, -0.1) is 0 Å². The van der Waals surface area contributed by atoms with Crippen LogP contribution in [0.5, 0.6) is 0 Å². The van der Waals surface area contributed by atoms with E-state index in [9.17, 15) is 0 Å². The second kappa shape index (κ2) is 6.58. The first-order valence-electron chi connectivity index (χ1n) is 7.23. The fourth-order valence-electron chi connectivity index (χ4n) is 2.54. The third-order valence-corrected chi connectivity index (χ3v) is 3.69. The van der Waals surface area contributed by atoms with E-state index in [-0.39, 0.29) is 6.04 Å². The molecule has 0 radical (unpaired) electrons. The number of hydrogen-bond donors (Lipinski definition) is 1. The van der Waals surface area contributed by atoms with Gasteiger partial charge < -0.3 is 10.6 Å². The highest BCUT2D eigenvalue weighted by atomic mass is 15.1. The third kappa shape index (κ3) is 3.40. The molecule has 0 spiro atoms. The largest absolute Gasteiger partial charge is 0.370 e. The molecule has 0 saturated heterocycles. The molecular formula is C18H24N2. The second-order valence-electron chi connectivity index (χ2n) is 5.42. The molecule has 2 nitrogen and oxygen atoms in total. The molecule has 1 atom stereocenters. The van der Waals surface area contributed by atoms with Gasteiger partial charge in [-0.1, -0.05) is 55.0 Å². The van der Waals surface area contributed by atoms with Gasteiger partial charge in [-0.05, 0) is 30.5 Å². The van der Waals surface area contributed by atoms with Crippen LogP contribution in [0.3, 0.4) is 0 Å². The number of anilines is 1. The summed E-state index contributed by atoms with van der Waals surface area (Å²) in [5.74, 6) is 0. The van der Waals surface area contributed by atoms with Crippen LogP contribution in [0.2, 0.25) is 0 Å². The Labute approximate surface area is 122 Å². The van der Waals surface area contributed by atoms with Crippen LogP contribution in [0.15, 0.2) is 48.5 Å². The molecule has 0 bridgehead atoms. The lowest BCUT2D eigenvalue weighted by atomic mass is 10.0. The summed E-state index contributed by atoms with van der Waals surface area (Å²) in [7, 11) is 2.13. The topological polar surface area (TPSA) is 29.3 Å². The van der Waals surface area contributed by atoms with E-state index < -0.39 is 0 Å². The van der Waals surface area contributed by atoms with Crippen LogP contribution in [0, 0.1) is 6.92 Å². The number of benzene rings is 2. The molecule has 2 aromatic carbocycles. The zero-order chi connectivity index (χ0) is 14.5. The smallest absolute Gasteiger partial charge is 0.0426 e. The van der Waals surface area contributed by atoms with Gasteiger partial charge in [0.15, 0.2) is 0 Å². The van der Waals surface area contributed by atoms with Gasteiger partial charge in [0.25, 0.3) is 0 Å². The summed E-state index contributed by atoms with van der Waals surface area (Å²) in [6.45, 7) is 5.15. The average molecular weight is 268 g/mol. The molecule has 0 aromatic heterocycles. The minimum atomic E-state index is 0.103. The van der Waals surface area contributed by atoms with Crippen molar-refractivity contribution in [3.63, 3.8) is 0 Å². The van der Waals surface area contributed by atoms with E-state index in [1.807, 2.05) is 0 Å². The quantitative estimate of drug-likeness (QED) is 0.886. The van der Waals surface area contributed by atoms with Crippen molar-refractivity contribution < 1.29 is 0 Å². The van der Waals surface area contributed by atoms with E-state index >= 15 is 0 Å². The van der Waals surface area contributed by atoms with Crippen molar-refractivity contribution in [2.24, 2.45) is 5.73 Å². The fraction of sp³-hybridized carbons (Fsp3) is 0.333. The Kier molecular flexibility index (Phi) is 4.80. The minimum Gasteiger partial charge on any atom is -0.370 e. The molecule has 0 aliphatic carbocycles. The monoisotopic (exact) mass is 268 g/mol. The van der Waals surface area contributed by atoms with Gasteiger partial charge in [-0.3, -0.25) is 0 Å². The van der Waals surface area contributed by atoms with Crippen LogP contribution in [0.4, 0.5) is 5.69 Å². The van der Waals surface area contributed by atoms with E-state index in [4.69, 9.17) is 5.73 Å².